The van der Waals surface area contributed by atoms with Gasteiger partial charge in [-0.1, -0.05) is 0 Å². The Kier molecular flexibility index (Phi) is 3.65. The summed E-state index contributed by atoms with van der Waals surface area (Å²) >= 11 is 0. The highest BCUT2D eigenvalue weighted by molar-refractivity contribution is 5.93. The number of nitrogens with one attached hydrogen (secondary N) is 1. The van der Waals surface area contributed by atoms with Crippen LogP contribution in [0.5, 0.6) is 0 Å². The van der Waals surface area contributed by atoms with Crippen molar-refractivity contribution in [1.82, 2.24) is 14.8 Å². The van der Waals surface area contributed by atoms with E-state index in [4.69, 9.17) is 4.74 Å². The van der Waals surface area contributed by atoms with Gasteiger partial charge in [0, 0.05) is 11.5 Å². The van der Waals surface area contributed by atoms with Crippen molar-refractivity contribution < 1.29 is 18.3 Å². The fourth-order valence-electron chi connectivity index (χ4n) is 2.18. The maximum absolute atomic E-state index is 13.9. The number of esters is 1. The summed E-state index contributed by atoms with van der Waals surface area (Å²) in [6.45, 7) is 1.76. The number of carbonyl (C=O) groups is 1. The van der Waals surface area contributed by atoms with Crippen LogP contribution in [0.4, 0.5) is 8.78 Å². The number of benzene rings is 1. The molecule has 0 aliphatic carbocycles. The maximum Gasteiger partial charge on any atom is 0.343 e. The lowest BCUT2D eigenvalue weighted by Gasteiger charge is -2.05. The largest absolute Gasteiger partial charge is 0.462 e. The molecule has 0 atom stereocenters. The highest BCUT2D eigenvalue weighted by atomic mass is 19.1. The molecule has 2 heterocycles. The molecule has 1 aromatic carbocycles. The molecule has 0 saturated carbocycles. The molecule has 3 aromatic rings. The van der Waals surface area contributed by atoms with Crippen LogP contribution in [0.15, 0.2) is 35.3 Å². The van der Waals surface area contributed by atoms with Gasteiger partial charge in [0.05, 0.1) is 12.8 Å². The van der Waals surface area contributed by atoms with Gasteiger partial charge in [0.2, 0.25) is 0 Å². The molecule has 118 valence electrons. The van der Waals surface area contributed by atoms with Gasteiger partial charge in [-0.3, -0.25) is 4.79 Å². The van der Waals surface area contributed by atoms with E-state index in [9.17, 15) is 18.4 Å². The molecule has 8 heteroatoms. The van der Waals surface area contributed by atoms with Gasteiger partial charge >= 0.3 is 5.97 Å². The molecule has 1 N–H and O–H groups in total. The maximum atomic E-state index is 13.9. The van der Waals surface area contributed by atoms with Crippen LogP contribution in [-0.2, 0) is 4.74 Å². The summed E-state index contributed by atoms with van der Waals surface area (Å²) in [6.07, 6.45) is 1.36. The molecular formula is C15H11F2N3O3. The molecule has 0 fully saturated rings. The van der Waals surface area contributed by atoms with Crippen LogP contribution < -0.4 is 5.56 Å². The molecule has 0 radical (unpaired) electrons. The second-order valence-corrected chi connectivity index (χ2v) is 4.69. The third-order valence-electron chi connectivity index (χ3n) is 3.21. The SMILES string of the molecule is CCOC(=O)c1cc2cnn(-c3ccc(F)cc3F)c2[nH]c1=O. The fraction of sp³-hybridized carbons (Fsp3) is 0.133. The number of rotatable bonds is 3. The van der Waals surface area contributed by atoms with E-state index in [1.807, 2.05) is 0 Å². The van der Waals surface area contributed by atoms with Gasteiger partial charge in [-0.05, 0) is 25.1 Å². The van der Waals surface area contributed by atoms with E-state index in [1.165, 1.54) is 18.3 Å². The lowest BCUT2D eigenvalue weighted by molar-refractivity contribution is 0.0524. The highest BCUT2D eigenvalue weighted by Gasteiger charge is 2.17. The Morgan fingerprint density at radius 3 is 2.83 bits per heavy atom. The number of pyridine rings is 1. The van der Waals surface area contributed by atoms with E-state index >= 15 is 0 Å². The Balaban J connectivity index is 2.17. The molecule has 0 aliphatic heterocycles. The van der Waals surface area contributed by atoms with Gasteiger partial charge in [-0.15, -0.1) is 0 Å². The van der Waals surface area contributed by atoms with Crippen molar-refractivity contribution in [2.24, 2.45) is 0 Å². The van der Waals surface area contributed by atoms with Crippen LogP contribution in [0, 0.1) is 11.6 Å². The minimum Gasteiger partial charge on any atom is -0.462 e. The zero-order chi connectivity index (χ0) is 16.6. The Hall–Kier alpha value is -3.03. The minimum atomic E-state index is -0.828. The number of aromatic nitrogens is 3. The Labute approximate surface area is 128 Å². The summed E-state index contributed by atoms with van der Waals surface area (Å²) in [5.41, 5.74) is -0.687. The molecule has 3 rings (SSSR count). The third kappa shape index (κ3) is 2.59. The van der Waals surface area contributed by atoms with Crippen LogP contribution in [0.1, 0.15) is 17.3 Å². The van der Waals surface area contributed by atoms with Gasteiger partial charge in [0.15, 0.2) is 5.82 Å². The summed E-state index contributed by atoms with van der Waals surface area (Å²) in [4.78, 5) is 26.2. The lowest BCUT2D eigenvalue weighted by Crippen LogP contribution is -2.20. The van der Waals surface area contributed by atoms with E-state index in [0.29, 0.717) is 11.5 Å². The molecule has 6 nitrogen and oxygen atoms in total. The van der Waals surface area contributed by atoms with Crippen LogP contribution in [0.2, 0.25) is 0 Å². The zero-order valence-corrected chi connectivity index (χ0v) is 12.0. The first kappa shape index (κ1) is 14.9. The molecule has 0 aliphatic rings. The molecule has 0 amide bonds. The van der Waals surface area contributed by atoms with Crippen LogP contribution in [-0.4, -0.2) is 27.3 Å². The van der Waals surface area contributed by atoms with E-state index in [0.717, 1.165) is 10.7 Å². The first-order valence-corrected chi connectivity index (χ1v) is 6.75. The minimum absolute atomic E-state index is 0.0269. The Morgan fingerprint density at radius 2 is 2.13 bits per heavy atom. The number of halogens is 2. The standard InChI is InChI=1S/C15H11F2N3O3/c1-2-23-15(22)10-5-8-7-18-20(13(8)19-14(10)21)12-4-3-9(16)6-11(12)17/h3-7H,2H2,1H3,(H,19,21). The Morgan fingerprint density at radius 1 is 1.35 bits per heavy atom. The number of hydrogen-bond donors (Lipinski definition) is 1. The normalized spacial score (nSPS) is 10.9. The summed E-state index contributed by atoms with van der Waals surface area (Å²) < 4.78 is 32.8. The summed E-state index contributed by atoms with van der Waals surface area (Å²) in [5.74, 6) is -2.30. The first-order chi connectivity index (χ1) is 11.0. The number of ether oxygens (including phenoxy) is 1. The zero-order valence-electron chi connectivity index (χ0n) is 12.0. The van der Waals surface area contributed by atoms with Gasteiger partial charge in [0.1, 0.15) is 22.7 Å². The summed E-state index contributed by atoms with van der Waals surface area (Å²) in [6, 6.07) is 4.32. The molecule has 2 aromatic heterocycles. The third-order valence-corrected chi connectivity index (χ3v) is 3.21. The number of nitrogens with zero attached hydrogens (tertiary/aromatic N) is 2. The van der Waals surface area contributed by atoms with Gasteiger partial charge < -0.3 is 9.72 Å². The van der Waals surface area contributed by atoms with E-state index < -0.39 is 23.2 Å². The van der Waals surface area contributed by atoms with Gasteiger partial charge in [0.25, 0.3) is 5.56 Å². The topological polar surface area (TPSA) is 77.0 Å². The number of H-pyrrole nitrogens is 1. The molecule has 0 bridgehead atoms. The predicted molar refractivity (Wildman–Crippen MR) is 77.6 cm³/mol. The molecule has 0 spiro atoms. The number of hydrogen-bond acceptors (Lipinski definition) is 4. The Bertz CT molecular complexity index is 962. The predicted octanol–water partition coefficient (Wildman–Crippen LogP) is 2.17. The second kappa shape index (κ2) is 5.64. The lowest BCUT2D eigenvalue weighted by atomic mass is 10.2. The average molecular weight is 319 g/mol. The monoisotopic (exact) mass is 319 g/mol. The summed E-state index contributed by atoms with van der Waals surface area (Å²) in [5, 5.41) is 4.39. The average Bonchev–Trinajstić information content (AvgIpc) is 2.89. The quantitative estimate of drug-likeness (QED) is 0.751. The van der Waals surface area contributed by atoms with Crippen molar-refractivity contribution in [3.05, 3.63) is 58.0 Å². The van der Waals surface area contributed by atoms with Crippen molar-refractivity contribution in [1.29, 1.82) is 0 Å². The van der Waals surface area contributed by atoms with E-state index in [1.54, 1.807) is 6.92 Å². The van der Waals surface area contributed by atoms with E-state index in [-0.39, 0.29) is 23.5 Å². The van der Waals surface area contributed by atoms with Crippen LogP contribution in [0.25, 0.3) is 16.7 Å². The summed E-state index contributed by atoms with van der Waals surface area (Å²) in [7, 11) is 0. The highest BCUT2D eigenvalue weighted by Crippen LogP contribution is 2.19. The van der Waals surface area contributed by atoms with Crippen molar-refractivity contribution in [3.63, 3.8) is 0 Å². The van der Waals surface area contributed by atoms with Crippen molar-refractivity contribution in [2.45, 2.75) is 6.92 Å². The molecule has 0 saturated heterocycles. The fourth-order valence-corrected chi connectivity index (χ4v) is 2.18. The van der Waals surface area contributed by atoms with E-state index in [2.05, 4.69) is 10.1 Å². The molecule has 23 heavy (non-hydrogen) atoms. The number of carbonyl (C=O) groups excluding carboxylic acids is 1. The molecule has 0 unspecified atom stereocenters. The van der Waals surface area contributed by atoms with Crippen LogP contribution in [0.3, 0.4) is 0 Å². The van der Waals surface area contributed by atoms with Crippen molar-refractivity contribution in [3.8, 4) is 5.69 Å². The molecular weight excluding hydrogens is 308 g/mol. The number of aromatic amines is 1. The second-order valence-electron chi connectivity index (χ2n) is 4.69. The van der Waals surface area contributed by atoms with Gasteiger partial charge in [-0.2, -0.15) is 5.10 Å². The number of fused-ring (bicyclic) bond motifs is 1. The first-order valence-electron chi connectivity index (χ1n) is 6.75. The van der Waals surface area contributed by atoms with Gasteiger partial charge in [-0.25, -0.2) is 18.3 Å². The van der Waals surface area contributed by atoms with Crippen LogP contribution >= 0.6 is 0 Å². The smallest absolute Gasteiger partial charge is 0.343 e. The van der Waals surface area contributed by atoms with Crippen molar-refractivity contribution >= 4 is 17.0 Å². The van der Waals surface area contributed by atoms with Crippen molar-refractivity contribution in [2.75, 3.05) is 6.61 Å².